The van der Waals surface area contributed by atoms with Gasteiger partial charge >= 0.3 is 6.09 Å². The molecule has 12 nitrogen and oxygen atoms in total. The Balaban J connectivity index is 1.58. The highest BCUT2D eigenvalue weighted by molar-refractivity contribution is 7.89. The van der Waals surface area contributed by atoms with Gasteiger partial charge in [0.05, 0.1) is 28.4 Å². The normalized spacial score (nSPS) is 18.8. The van der Waals surface area contributed by atoms with Crippen LogP contribution in [-0.4, -0.2) is 63.7 Å². The summed E-state index contributed by atoms with van der Waals surface area (Å²) in [7, 11) is -1.98. The Morgan fingerprint density at radius 2 is 2.06 bits per heavy atom. The first-order valence-electron chi connectivity index (χ1n) is 11.0. The summed E-state index contributed by atoms with van der Waals surface area (Å²) in [5.41, 5.74) is 0.589. The number of hydrogen-bond acceptors (Lipinski definition) is 7. The number of carboxylic acid groups (broad SMARTS) is 1. The Hall–Kier alpha value is -3.89. The number of pyridine rings is 1. The number of likely N-dealkylation sites (tertiary alicyclic amines) is 1. The van der Waals surface area contributed by atoms with Gasteiger partial charge in [0, 0.05) is 38.6 Å². The summed E-state index contributed by atoms with van der Waals surface area (Å²) < 4.78 is 27.7. The van der Waals surface area contributed by atoms with Crippen molar-refractivity contribution in [1.29, 1.82) is 5.26 Å². The van der Waals surface area contributed by atoms with E-state index in [1.807, 2.05) is 0 Å². The predicted molar refractivity (Wildman–Crippen MR) is 126 cm³/mol. The summed E-state index contributed by atoms with van der Waals surface area (Å²) >= 11 is 0. The lowest BCUT2D eigenvalue weighted by atomic mass is 9.85. The van der Waals surface area contributed by atoms with Gasteiger partial charge in [0.1, 0.15) is 5.39 Å². The third-order valence-electron chi connectivity index (χ3n) is 6.83. The lowest BCUT2D eigenvalue weighted by Crippen LogP contribution is -2.48. The number of anilines is 2. The van der Waals surface area contributed by atoms with Crippen molar-refractivity contribution in [3.63, 3.8) is 0 Å². The number of nitrogens with one attached hydrogen (secondary N) is 2. The van der Waals surface area contributed by atoms with Gasteiger partial charge in [-0.1, -0.05) is 0 Å². The van der Waals surface area contributed by atoms with Gasteiger partial charge in [0.25, 0.3) is 5.56 Å². The van der Waals surface area contributed by atoms with Crippen LogP contribution in [0.5, 0.6) is 0 Å². The molecule has 35 heavy (non-hydrogen) atoms. The van der Waals surface area contributed by atoms with Gasteiger partial charge in [-0.05, 0) is 42.7 Å². The monoisotopic (exact) mass is 497 g/mol. The van der Waals surface area contributed by atoms with Crippen molar-refractivity contribution in [1.82, 2.24) is 24.0 Å². The standard InChI is InChI=1S/C22H23N7O5S/c1-27-13-14-12-15(2-3-17(14)35(27,33)34)25-19-18-16(4-9-24-20(18)30)29(26-19)22(5-8-23)6-10-28(11-7-22)21(31)32/h2-4,9,12H,5-7,10-11,13H2,1H3,(H,24,30)(H,25,26)(H,31,32). The first kappa shape index (κ1) is 22.9. The van der Waals surface area contributed by atoms with E-state index in [4.69, 9.17) is 5.10 Å². The number of amides is 1. The molecule has 0 saturated carbocycles. The highest BCUT2D eigenvalue weighted by Crippen LogP contribution is 2.38. The molecular weight excluding hydrogens is 474 g/mol. The van der Waals surface area contributed by atoms with Gasteiger partial charge in [-0.15, -0.1) is 0 Å². The molecule has 1 fully saturated rings. The van der Waals surface area contributed by atoms with Crippen molar-refractivity contribution < 1.29 is 18.3 Å². The summed E-state index contributed by atoms with van der Waals surface area (Å²) in [6.45, 7) is 0.739. The number of aromatic amines is 1. The van der Waals surface area contributed by atoms with E-state index in [9.17, 15) is 28.4 Å². The molecule has 1 saturated heterocycles. The zero-order valence-electron chi connectivity index (χ0n) is 18.9. The fourth-order valence-corrected chi connectivity index (χ4v) is 6.25. The van der Waals surface area contributed by atoms with Gasteiger partial charge in [-0.2, -0.15) is 14.7 Å². The third-order valence-corrected chi connectivity index (χ3v) is 8.73. The van der Waals surface area contributed by atoms with Crippen LogP contribution in [0, 0.1) is 11.3 Å². The highest BCUT2D eigenvalue weighted by Gasteiger charge is 2.40. The predicted octanol–water partition coefficient (Wildman–Crippen LogP) is 1.99. The van der Waals surface area contributed by atoms with Gasteiger partial charge in [0.2, 0.25) is 10.0 Å². The summed E-state index contributed by atoms with van der Waals surface area (Å²) in [4.78, 5) is 28.4. The molecule has 5 rings (SSSR count). The van der Waals surface area contributed by atoms with Crippen LogP contribution in [0.15, 0.2) is 40.2 Å². The van der Waals surface area contributed by atoms with Crippen LogP contribution >= 0.6 is 0 Å². The molecular formula is C22H23N7O5S. The van der Waals surface area contributed by atoms with E-state index in [0.717, 1.165) is 0 Å². The summed E-state index contributed by atoms with van der Waals surface area (Å²) in [5.74, 6) is 0.272. The molecule has 0 spiro atoms. The maximum Gasteiger partial charge on any atom is 0.407 e. The maximum atomic E-state index is 12.8. The van der Waals surface area contributed by atoms with Crippen molar-refractivity contribution in [3.8, 4) is 6.07 Å². The number of H-pyrrole nitrogens is 1. The first-order chi connectivity index (χ1) is 16.7. The number of benzene rings is 1. The Bertz CT molecular complexity index is 1540. The van der Waals surface area contributed by atoms with Crippen molar-refractivity contribution in [3.05, 3.63) is 46.4 Å². The molecule has 1 amide bonds. The molecule has 2 aliphatic heterocycles. The fourth-order valence-electron chi connectivity index (χ4n) is 4.91. The smallest absolute Gasteiger partial charge is 0.407 e. The van der Waals surface area contributed by atoms with Crippen molar-refractivity contribution in [2.24, 2.45) is 0 Å². The Morgan fingerprint density at radius 1 is 1.31 bits per heavy atom. The van der Waals surface area contributed by atoms with Gasteiger partial charge in [0.15, 0.2) is 5.82 Å². The second-order valence-electron chi connectivity index (χ2n) is 8.86. The number of piperidine rings is 1. The largest absolute Gasteiger partial charge is 0.465 e. The number of sulfonamides is 1. The highest BCUT2D eigenvalue weighted by atomic mass is 32.2. The number of hydrogen-bond donors (Lipinski definition) is 3. The van der Waals surface area contributed by atoms with Crippen LogP contribution in [0.3, 0.4) is 0 Å². The first-order valence-corrected chi connectivity index (χ1v) is 12.4. The van der Waals surface area contributed by atoms with Crippen LogP contribution in [0.25, 0.3) is 10.9 Å². The fraction of sp³-hybridized carbons (Fsp3) is 0.364. The molecule has 1 aromatic carbocycles. The lowest BCUT2D eigenvalue weighted by molar-refractivity contribution is 0.0912. The summed E-state index contributed by atoms with van der Waals surface area (Å²) in [6.07, 6.45) is 1.35. The lowest BCUT2D eigenvalue weighted by Gasteiger charge is -2.40. The van der Waals surface area contributed by atoms with Crippen LogP contribution in [0.4, 0.5) is 16.3 Å². The van der Waals surface area contributed by atoms with Crippen molar-refractivity contribution in [2.45, 2.75) is 36.2 Å². The number of fused-ring (bicyclic) bond motifs is 2. The van der Waals surface area contributed by atoms with E-state index in [2.05, 4.69) is 16.4 Å². The van der Waals surface area contributed by atoms with Crippen LogP contribution in [-0.2, 0) is 22.1 Å². The quantitative estimate of drug-likeness (QED) is 0.492. The minimum atomic E-state index is -3.50. The van der Waals surface area contributed by atoms with Crippen molar-refractivity contribution in [2.75, 3.05) is 25.5 Å². The number of nitriles is 1. The zero-order chi connectivity index (χ0) is 25.0. The zero-order valence-corrected chi connectivity index (χ0v) is 19.7. The van der Waals surface area contributed by atoms with E-state index >= 15 is 0 Å². The molecule has 2 aliphatic rings. The average molecular weight is 498 g/mol. The summed E-state index contributed by atoms with van der Waals surface area (Å²) in [6, 6.07) is 8.78. The number of carbonyl (C=O) groups is 1. The second-order valence-corrected chi connectivity index (χ2v) is 10.9. The molecule has 0 unspecified atom stereocenters. The minimum Gasteiger partial charge on any atom is -0.465 e. The second kappa shape index (κ2) is 8.10. The molecule has 2 aromatic heterocycles. The Kier molecular flexibility index (Phi) is 5.30. The Morgan fingerprint density at radius 3 is 2.74 bits per heavy atom. The molecule has 0 radical (unpaired) electrons. The van der Waals surface area contributed by atoms with E-state index in [-0.39, 0.29) is 42.3 Å². The minimum absolute atomic E-state index is 0.104. The van der Waals surface area contributed by atoms with Crippen LogP contribution in [0.1, 0.15) is 24.8 Å². The van der Waals surface area contributed by atoms with E-state index in [1.165, 1.54) is 28.5 Å². The molecule has 0 bridgehead atoms. The van der Waals surface area contributed by atoms with Gasteiger partial charge in [-0.3, -0.25) is 9.48 Å². The van der Waals surface area contributed by atoms with Crippen LogP contribution in [0.2, 0.25) is 0 Å². The number of nitrogens with zero attached hydrogens (tertiary/aromatic N) is 5. The molecule has 3 N–H and O–H groups in total. The number of aromatic nitrogens is 3. The SMILES string of the molecule is CN1Cc2cc(Nc3nn(C4(CC#N)CCN(C(=O)O)CC4)c4cc[nH]c(=O)c34)ccc2S1(=O)=O. The molecule has 4 heterocycles. The molecule has 0 atom stereocenters. The van der Waals surface area contributed by atoms with Crippen molar-refractivity contribution >= 4 is 38.5 Å². The van der Waals surface area contributed by atoms with E-state index < -0.39 is 21.7 Å². The molecule has 0 aliphatic carbocycles. The van der Waals surface area contributed by atoms with Gasteiger partial charge in [-0.25, -0.2) is 13.2 Å². The van der Waals surface area contributed by atoms with Crippen LogP contribution < -0.4 is 10.9 Å². The third kappa shape index (κ3) is 3.62. The maximum absolute atomic E-state index is 12.8. The summed E-state index contributed by atoms with van der Waals surface area (Å²) in [5, 5.41) is 27.1. The topological polar surface area (TPSA) is 164 Å². The van der Waals surface area contributed by atoms with E-state index in [1.54, 1.807) is 22.9 Å². The average Bonchev–Trinajstić information content (AvgIpc) is 3.29. The number of rotatable bonds is 4. The van der Waals surface area contributed by atoms with Gasteiger partial charge < -0.3 is 20.3 Å². The molecule has 182 valence electrons. The molecule has 3 aromatic rings. The van der Waals surface area contributed by atoms with E-state index in [0.29, 0.717) is 35.0 Å². The molecule has 13 heteroatoms. The Labute approximate surface area is 200 Å².